The number of hydrogen-bond donors (Lipinski definition) is 1. The molecular weight excluding hydrogens is 461 g/mol. The van der Waals surface area contributed by atoms with E-state index in [9.17, 15) is 8.42 Å². The first kappa shape index (κ1) is 18.2. The number of nitrogens with zero attached hydrogens (tertiary/aromatic N) is 4. The molecule has 1 fully saturated rings. The van der Waals surface area contributed by atoms with Gasteiger partial charge in [0.25, 0.3) is 0 Å². The van der Waals surface area contributed by atoms with Crippen molar-refractivity contribution in [3.8, 4) is 0 Å². The summed E-state index contributed by atoms with van der Waals surface area (Å²) in [5.74, 6) is 1.09. The van der Waals surface area contributed by atoms with Crippen LogP contribution in [0.2, 0.25) is 0 Å². The summed E-state index contributed by atoms with van der Waals surface area (Å²) in [6, 6.07) is 2.33. The van der Waals surface area contributed by atoms with Crippen molar-refractivity contribution in [3.05, 3.63) is 18.6 Å². The van der Waals surface area contributed by atoms with E-state index in [0.29, 0.717) is 6.42 Å². The first-order valence-electron chi connectivity index (χ1n) is 7.79. The van der Waals surface area contributed by atoms with Gasteiger partial charge in [0.05, 0.1) is 11.1 Å². The van der Waals surface area contributed by atoms with E-state index in [1.807, 2.05) is 30.2 Å². The molecule has 0 saturated heterocycles. The highest BCUT2D eigenvalue weighted by molar-refractivity contribution is 14.2. The first-order valence-corrected chi connectivity index (χ1v) is 12.8. The smallest absolute Gasteiger partial charge is 0.211 e. The van der Waals surface area contributed by atoms with E-state index < -0.39 is 10.0 Å². The summed E-state index contributed by atoms with van der Waals surface area (Å²) in [6.45, 7) is 1.87. The second-order valence-electron chi connectivity index (χ2n) is 6.01. The van der Waals surface area contributed by atoms with Crippen LogP contribution >= 0.6 is 30.3 Å². The van der Waals surface area contributed by atoms with Gasteiger partial charge in [0.2, 0.25) is 10.0 Å². The molecule has 0 amide bonds. The van der Waals surface area contributed by atoms with Crippen molar-refractivity contribution in [2.45, 2.75) is 38.3 Å². The fourth-order valence-electron chi connectivity index (χ4n) is 3.01. The predicted molar refractivity (Wildman–Crippen MR) is 107 cm³/mol. The molecule has 1 aliphatic rings. The van der Waals surface area contributed by atoms with E-state index in [-0.39, 0.29) is 17.8 Å². The Hall–Kier alpha value is -0.590. The van der Waals surface area contributed by atoms with Crippen molar-refractivity contribution < 1.29 is 8.42 Å². The van der Waals surface area contributed by atoms with E-state index in [1.165, 1.54) is 0 Å². The maximum atomic E-state index is 11.8. The summed E-state index contributed by atoms with van der Waals surface area (Å²) in [5.41, 5.74) is 0.894. The molecule has 0 bridgehead atoms. The van der Waals surface area contributed by atoms with E-state index in [1.54, 1.807) is 15.4 Å². The normalized spacial score (nSPS) is 21.0. The zero-order valence-electron chi connectivity index (χ0n) is 13.5. The third-order valence-electron chi connectivity index (χ3n) is 4.32. The molecule has 3 rings (SSSR count). The molecular formula is C14H20IN5O2S2. The minimum atomic E-state index is -3.14. The van der Waals surface area contributed by atoms with Crippen LogP contribution < -0.4 is 9.62 Å². The van der Waals surface area contributed by atoms with Crippen molar-refractivity contribution in [1.82, 2.24) is 18.7 Å². The molecule has 10 heteroatoms. The molecule has 2 aromatic rings. The maximum absolute atomic E-state index is 11.8. The van der Waals surface area contributed by atoms with Crippen LogP contribution in [-0.2, 0) is 10.0 Å². The Balaban J connectivity index is 1.69. The SMILES string of the molecule is CCCS(=O)(=O)N[C@H]1C[C@@H](N(C)c2ncnc3c2ccn3SI)C1. The van der Waals surface area contributed by atoms with Gasteiger partial charge in [-0.25, -0.2) is 23.1 Å². The Morgan fingerprint density at radius 1 is 1.46 bits per heavy atom. The summed E-state index contributed by atoms with van der Waals surface area (Å²) in [7, 11) is 0.436. The lowest BCUT2D eigenvalue weighted by molar-refractivity contribution is 0.316. The van der Waals surface area contributed by atoms with Crippen LogP contribution in [0.4, 0.5) is 5.82 Å². The molecule has 0 spiro atoms. The highest BCUT2D eigenvalue weighted by Crippen LogP contribution is 2.33. The fraction of sp³-hybridized carbons (Fsp3) is 0.571. The van der Waals surface area contributed by atoms with Crippen molar-refractivity contribution >= 4 is 57.2 Å². The van der Waals surface area contributed by atoms with Crippen LogP contribution in [0.1, 0.15) is 26.2 Å². The molecule has 0 unspecified atom stereocenters. The molecule has 0 aliphatic heterocycles. The maximum Gasteiger partial charge on any atom is 0.211 e. The molecule has 2 aromatic heterocycles. The number of halogens is 1. The van der Waals surface area contributed by atoms with Gasteiger partial charge >= 0.3 is 0 Å². The van der Waals surface area contributed by atoms with Gasteiger partial charge in [-0.05, 0) is 25.3 Å². The summed E-state index contributed by atoms with van der Waals surface area (Å²) < 4.78 is 28.5. The van der Waals surface area contributed by atoms with Gasteiger partial charge in [0, 0.05) is 55.7 Å². The highest BCUT2D eigenvalue weighted by Gasteiger charge is 2.35. The third kappa shape index (κ3) is 3.65. The average Bonchev–Trinajstić information content (AvgIpc) is 2.93. The Kier molecular flexibility index (Phi) is 5.57. The number of nitrogens with one attached hydrogen (secondary N) is 1. The van der Waals surface area contributed by atoms with Crippen molar-refractivity contribution in [3.63, 3.8) is 0 Å². The fourth-order valence-corrected chi connectivity index (χ4v) is 5.63. The Labute approximate surface area is 158 Å². The van der Waals surface area contributed by atoms with E-state index in [0.717, 1.165) is 29.7 Å². The van der Waals surface area contributed by atoms with Crippen LogP contribution in [0, 0.1) is 0 Å². The quantitative estimate of drug-likeness (QED) is 0.613. The highest BCUT2D eigenvalue weighted by atomic mass is 127. The molecule has 1 N–H and O–H groups in total. The molecule has 132 valence electrons. The number of aromatic nitrogens is 3. The zero-order chi connectivity index (χ0) is 17.3. The zero-order valence-corrected chi connectivity index (χ0v) is 17.3. The molecule has 0 aromatic carbocycles. The lowest BCUT2D eigenvalue weighted by Crippen LogP contribution is -2.53. The van der Waals surface area contributed by atoms with Crippen molar-refractivity contribution in [1.29, 1.82) is 0 Å². The number of rotatable bonds is 7. The van der Waals surface area contributed by atoms with Gasteiger partial charge in [-0.3, -0.25) is 3.97 Å². The lowest BCUT2D eigenvalue weighted by Gasteiger charge is -2.41. The van der Waals surface area contributed by atoms with Gasteiger partial charge in [-0.1, -0.05) is 6.92 Å². The molecule has 0 radical (unpaired) electrons. The molecule has 1 aliphatic carbocycles. The second-order valence-corrected chi connectivity index (χ2v) is 9.60. The third-order valence-corrected chi connectivity index (χ3v) is 7.67. The number of anilines is 1. The first-order chi connectivity index (χ1) is 11.4. The van der Waals surface area contributed by atoms with Crippen LogP contribution in [0.15, 0.2) is 18.6 Å². The van der Waals surface area contributed by atoms with E-state index in [2.05, 4.69) is 40.8 Å². The largest absolute Gasteiger partial charge is 0.356 e. The minimum Gasteiger partial charge on any atom is -0.356 e. The van der Waals surface area contributed by atoms with Gasteiger partial charge in [0.15, 0.2) is 5.65 Å². The standard InChI is InChI=1S/C14H20IN5O2S2/c1-3-6-24(21,22)18-10-7-11(8-10)19(2)13-12-4-5-20(23-15)14(12)17-9-16-13/h4-5,9-11,18H,3,6-8H2,1-2H3/t10-,11+. The molecule has 0 atom stereocenters. The Morgan fingerprint density at radius 3 is 2.88 bits per heavy atom. The van der Waals surface area contributed by atoms with Crippen LogP contribution in [0.3, 0.4) is 0 Å². The van der Waals surface area contributed by atoms with Crippen LogP contribution in [-0.4, -0.2) is 47.2 Å². The second kappa shape index (κ2) is 7.34. The van der Waals surface area contributed by atoms with E-state index in [4.69, 9.17) is 0 Å². The summed E-state index contributed by atoms with van der Waals surface area (Å²) >= 11 is 2.22. The minimum absolute atomic E-state index is 0.0285. The lowest BCUT2D eigenvalue weighted by atomic mass is 9.86. The summed E-state index contributed by atoms with van der Waals surface area (Å²) in [6.07, 6.45) is 5.80. The van der Waals surface area contributed by atoms with Crippen molar-refractivity contribution in [2.24, 2.45) is 0 Å². The monoisotopic (exact) mass is 481 g/mol. The molecule has 2 heterocycles. The van der Waals surface area contributed by atoms with Crippen LogP contribution in [0.5, 0.6) is 0 Å². The van der Waals surface area contributed by atoms with E-state index >= 15 is 0 Å². The van der Waals surface area contributed by atoms with Gasteiger partial charge in [-0.2, -0.15) is 0 Å². The number of sulfonamides is 1. The van der Waals surface area contributed by atoms with Crippen molar-refractivity contribution in [2.75, 3.05) is 17.7 Å². The number of hydrogen-bond acceptors (Lipinski definition) is 6. The summed E-state index contributed by atoms with van der Waals surface area (Å²) in [5, 5.41) is 1.01. The summed E-state index contributed by atoms with van der Waals surface area (Å²) in [4.78, 5) is 10.9. The van der Waals surface area contributed by atoms with Gasteiger partial charge < -0.3 is 4.90 Å². The molecule has 1 saturated carbocycles. The topological polar surface area (TPSA) is 80.1 Å². The predicted octanol–water partition coefficient (Wildman–Crippen LogP) is 2.57. The van der Waals surface area contributed by atoms with Gasteiger partial charge in [-0.15, -0.1) is 0 Å². The number of fused-ring (bicyclic) bond motifs is 1. The van der Waals surface area contributed by atoms with Crippen LogP contribution in [0.25, 0.3) is 11.0 Å². The average molecular weight is 481 g/mol. The van der Waals surface area contributed by atoms with Gasteiger partial charge in [0.1, 0.15) is 12.1 Å². The molecule has 24 heavy (non-hydrogen) atoms. The Morgan fingerprint density at radius 2 is 2.21 bits per heavy atom. The molecule has 7 nitrogen and oxygen atoms in total. The Bertz CT molecular complexity index is 820.